The number of aryl methyl sites for hydroxylation is 1. The molecule has 0 fully saturated rings. The molecule has 122 valence electrons. The van der Waals surface area contributed by atoms with Gasteiger partial charge in [0.05, 0.1) is 6.61 Å². The second-order valence-electron chi connectivity index (χ2n) is 4.81. The highest BCUT2D eigenvalue weighted by molar-refractivity contribution is 5.96. The van der Waals surface area contributed by atoms with E-state index in [1.807, 2.05) is 32.0 Å². The molecule has 1 aromatic carbocycles. The first-order chi connectivity index (χ1) is 11.1. The summed E-state index contributed by atoms with van der Waals surface area (Å²) >= 11 is 0. The molecule has 0 aliphatic heterocycles. The molecular weight excluding hydrogens is 296 g/mol. The second-order valence-corrected chi connectivity index (χ2v) is 4.81. The Morgan fingerprint density at radius 2 is 1.87 bits per heavy atom. The zero-order chi connectivity index (χ0) is 16.7. The Labute approximate surface area is 135 Å². The Balaban J connectivity index is 1.88. The standard InChI is InChI=1S/C17H20N2O4/c1-4-21-15-7-5-6-8-16(15)22-11-17(20)19-18-13(3)14-10-9-12(2)23-14/h5-10H,4,11H2,1-3H3,(H,19,20)/b18-13-. The molecule has 0 saturated heterocycles. The summed E-state index contributed by atoms with van der Waals surface area (Å²) in [6.45, 7) is 5.86. The summed E-state index contributed by atoms with van der Waals surface area (Å²) in [5.74, 6) is 2.17. The van der Waals surface area contributed by atoms with Crippen LogP contribution in [0, 0.1) is 6.92 Å². The predicted octanol–water partition coefficient (Wildman–Crippen LogP) is 2.91. The van der Waals surface area contributed by atoms with Crippen LogP contribution in [0.1, 0.15) is 25.4 Å². The fourth-order valence-corrected chi connectivity index (χ4v) is 1.85. The number of amides is 1. The second kappa shape index (κ2) is 8.03. The molecule has 1 amide bonds. The van der Waals surface area contributed by atoms with Crippen LogP contribution in [0.4, 0.5) is 0 Å². The predicted molar refractivity (Wildman–Crippen MR) is 86.9 cm³/mol. The van der Waals surface area contributed by atoms with Gasteiger partial charge in [0.25, 0.3) is 5.91 Å². The molecule has 1 heterocycles. The maximum atomic E-state index is 11.8. The molecule has 6 nitrogen and oxygen atoms in total. The molecule has 1 aromatic heterocycles. The number of benzene rings is 1. The fraction of sp³-hybridized carbons (Fsp3) is 0.294. The van der Waals surface area contributed by atoms with Crippen molar-refractivity contribution in [1.29, 1.82) is 0 Å². The largest absolute Gasteiger partial charge is 0.490 e. The molecule has 0 unspecified atom stereocenters. The van der Waals surface area contributed by atoms with Crippen LogP contribution in [0.5, 0.6) is 11.5 Å². The van der Waals surface area contributed by atoms with Gasteiger partial charge in [-0.15, -0.1) is 0 Å². The summed E-state index contributed by atoms with van der Waals surface area (Å²) in [6, 6.07) is 10.8. The Kier molecular flexibility index (Phi) is 5.80. The molecular formula is C17H20N2O4. The molecule has 0 spiro atoms. The fourth-order valence-electron chi connectivity index (χ4n) is 1.85. The van der Waals surface area contributed by atoms with Crippen molar-refractivity contribution in [3.05, 3.63) is 47.9 Å². The van der Waals surface area contributed by atoms with Crippen LogP contribution in [-0.2, 0) is 4.79 Å². The van der Waals surface area contributed by atoms with Gasteiger partial charge in [0.2, 0.25) is 0 Å². The van der Waals surface area contributed by atoms with E-state index in [1.165, 1.54) is 0 Å². The lowest BCUT2D eigenvalue weighted by Gasteiger charge is -2.10. The number of rotatable bonds is 7. The molecule has 0 saturated carbocycles. The number of carbonyl (C=O) groups is 1. The number of nitrogens with zero attached hydrogens (tertiary/aromatic N) is 1. The van der Waals surface area contributed by atoms with E-state index in [0.717, 1.165) is 5.76 Å². The summed E-state index contributed by atoms with van der Waals surface area (Å²) < 4.78 is 16.3. The van der Waals surface area contributed by atoms with E-state index in [1.54, 1.807) is 25.1 Å². The molecule has 2 rings (SSSR count). The number of furan rings is 1. The van der Waals surface area contributed by atoms with Crippen LogP contribution in [0.2, 0.25) is 0 Å². The van der Waals surface area contributed by atoms with Crippen molar-refractivity contribution < 1.29 is 18.7 Å². The van der Waals surface area contributed by atoms with Gasteiger partial charge in [0.1, 0.15) is 17.2 Å². The smallest absolute Gasteiger partial charge is 0.277 e. The molecule has 0 aliphatic carbocycles. The minimum Gasteiger partial charge on any atom is -0.490 e. The monoisotopic (exact) mass is 316 g/mol. The van der Waals surface area contributed by atoms with E-state index >= 15 is 0 Å². The van der Waals surface area contributed by atoms with Gasteiger partial charge in [0, 0.05) is 0 Å². The highest BCUT2D eigenvalue weighted by atomic mass is 16.5. The first-order valence-electron chi connectivity index (χ1n) is 7.34. The van der Waals surface area contributed by atoms with Crippen molar-refractivity contribution in [2.75, 3.05) is 13.2 Å². The molecule has 0 radical (unpaired) electrons. The van der Waals surface area contributed by atoms with E-state index in [2.05, 4.69) is 10.5 Å². The SMILES string of the molecule is CCOc1ccccc1OCC(=O)N/N=C(/C)c1ccc(C)o1. The Morgan fingerprint density at radius 3 is 2.48 bits per heavy atom. The van der Waals surface area contributed by atoms with E-state index in [0.29, 0.717) is 29.6 Å². The van der Waals surface area contributed by atoms with Gasteiger partial charge >= 0.3 is 0 Å². The van der Waals surface area contributed by atoms with Crippen molar-refractivity contribution in [2.24, 2.45) is 5.10 Å². The zero-order valence-electron chi connectivity index (χ0n) is 13.5. The molecule has 23 heavy (non-hydrogen) atoms. The first-order valence-corrected chi connectivity index (χ1v) is 7.34. The Bertz CT molecular complexity index is 691. The van der Waals surface area contributed by atoms with Crippen molar-refractivity contribution in [1.82, 2.24) is 5.43 Å². The summed E-state index contributed by atoms with van der Waals surface area (Å²) in [5, 5.41) is 3.99. The first kappa shape index (κ1) is 16.6. The van der Waals surface area contributed by atoms with Gasteiger partial charge in [-0.25, -0.2) is 5.43 Å². The topological polar surface area (TPSA) is 73.1 Å². The zero-order valence-corrected chi connectivity index (χ0v) is 13.5. The maximum absolute atomic E-state index is 11.8. The van der Waals surface area contributed by atoms with Crippen LogP contribution in [0.15, 0.2) is 45.9 Å². The van der Waals surface area contributed by atoms with Crippen LogP contribution in [-0.4, -0.2) is 24.8 Å². The van der Waals surface area contributed by atoms with Crippen LogP contribution in [0.25, 0.3) is 0 Å². The minimum atomic E-state index is -0.362. The molecule has 1 N–H and O–H groups in total. The number of hydrazone groups is 1. The third-order valence-corrected chi connectivity index (χ3v) is 2.95. The number of hydrogen-bond acceptors (Lipinski definition) is 5. The minimum absolute atomic E-state index is 0.155. The van der Waals surface area contributed by atoms with Crippen LogP contribution < -0.4 is 14.9 Å². The molecule has 6 heteroatoms. The van der Waals surface area contributed by atoms with Crippen LogP contribution >= 0.6 is 0 Å². The van der Waals surface area contributed by atoms with Gasteiger partial charge in [-0.05, 0) is 45.0 Å². The molecule has 2 aromatic rings. The number of carbonyl (C=O) groups excluding carboxylic acids is 1. The number of ether oxygens (including phenoxy) is 2. The lowest BCUT2D eigenvalue weighted by molar-refractivity contribution is -0.123. The molecule has 0 atom stereocenters. The lowest BCUT2D eigenvalue weighted by Crippen LogP contribution is -2.25. The summed E-state index contributed by atoms with van der Waals surface area (Å²) in [6.07, 6.45) is 0. The van der Waals surface area contributed by atoms with Crippen molar-refractivity contribution in [3.63, 3.8) is 0 Å². The number of para-hydroxylation sites is 2. The third-order valence-electron chi connectivity index (χ3n) is 2.95. The Hall–Kier alpha value is -2.76. The van der Waals surface area contributed by atoms with Crippen molar-refractivity contribution in [3.8, 4) is 11.5 Å². The average Bonchev–Trinajstić information content (AvgIpc) is 2.98. The van der Waals surface area contributed by atoms with Gasteiger partial charge in [-0.3, -0.25) is 4.79 Å². The normalized spacial score (nSPS) is 11.2. The lowest BCUT2D eigenvalue weighted by atomic mass is 10.3. The van der Waals surface area contributed by atoms with E-state index in [-0.39, 0.29) is 12.5 Å². The van der Waals surface area contributed by atoms with E-state index in [9.17, 15) is 4.79 Å². The van der Waals surface area contributed by atoms with Gasteiger partial charge in [0.15, 0.2) is 18.1 Å². The van der Waals surface area contributed by atoms with E-state index < -0.39 is 0 Å². The number of hydrogen-bond donors (Lipinski definition) is 1. The van der Waals surface area contributed by atoms with Gasteiger partial charge in [-0.2, -0.15) is 5.10 Å². The quantitative estimate of drug-likeness (QED) is 0.629. The Morgan fingerprint density at radius 1 is 1.17 bits per heavy atom. The number of nitrogens with one attached hydrogen (secondary N) is 1. The molecule has 0 bridgehead atoms. The van der Waals surface area contributed by atoms with Crippen LogP contribution in [0.3, 0.4) is 0 Å². The summed E-state index contributed by atoms with van der Waals surface area (Å²) in [5.41, 5.74) is 3.02. The average molecular weight is 316 g/mol. The summed E-state index contributed by atoms with van der Waals surface area (Å²) in [4.78, 5) is 11.8. The van der Waals surface area contributed by atoms with Crippen molar-refractivity contribution in [2.45, 2.75) is 20.8 Å². The van der Waals surface area contributed by atoms with E-state index in [4.69, 9.17) is 13.9 Å². The third kappa shape index (κ3) is 4.88. The molecule has 0 aliphatic rings. The van der Waals surface area contributed by atoms with Crippen molar-refractivity contribution >= 4 is 11.6 Å². The van der Waals surface area contributed by atoms with Gasteiger partial charge in [-0.1, -0.05) is 12.1 Å². The van der Waals surface area contributed by atoms with Gasteiger partial charge < -0.3 is 13.9 Å². The highest BCUT2D eigenvalue weighted by Crippen LogP contribution is 2.26. The maximum Gasteiger partial charge on any atom is 0.277 e. The highest BCUT2D eigenvalue weighted by Gasteiger charge is 2.08. The summed E-state index contributed by atoms with van der Waals surface area (Å²) in [7, 11) is 0.